The number of rotatable bonds is 5. The van der Waals surface area contributed by atoms with Gasteiger partial charge in [-0.15, -0.1) is 0 Å². The lowest BCUT2D eigenvalue weighted by Crippen LogP contribution is -2.34. The fraction of sp³-hybridized carbons (Fsp3) is 0.455. The Balaban J connectivity index is 2.56. The lowest BCUT2D eigenvalue weighted by Gasteiger charge is -2.17. The predicted molar refractivity (Wildman–Crippen MR) is 84.2 cm³/mol. The van der Waals surface area contributed by atoms with E-state index in [0.29, 0.717) is 0 Å². The number of benzene rings is 1. The van der Waals surface area contributed by atoms with Crippen LogP contribution in [-0.2, 0) is 0 Å². The van der Waals surface area contributed by atoms with Gasteiger partial charge in [0.2, 0.25) is 3.07 Å². The molecule has 14 heavy (non-hydrogen) atoms. The second-order valence-electron chi connectivity index (χ2n) is 3.53. The molecular formula is C11H16I2Si. The van der Waals surface area contributed by atoms with Gasteiger partial charge in [0, 0.05) is 0 Å². The average Bonchev–Trinajstić information content (AvgIpc) is 2.19. The van der Waals surface area contributed by atoms with Crippen LogP contribution in [0.25, 0.3) is 0 Å². The molecule has 3 heteroatoms. The number of hydrogen-bond acceptors (Lipinski definition) is 0. The summed E-state index contributed by atoms with van der Waals surface area (Å²) in [5, 5.41) is 1.58. The molecule has 0 aliphatic carbocycles. The van der Waals surface area contributed by atoms with Gasteiger partial charge in [-0.2, -0.15) is 0 Å². The molecule has 0 fully saturated rings. The van der Waals surface area contributed by atoms with E-state index in [1.807, 2.05) is 0 Å². The molecule has 0 amide bonds. The van der Waals surface area contributed by atoms with Gasteiger partial charge in [-0.3, -0.25) is 0 Å². The molecule has 0 heterocycles. The molecule has 0 nitrogen and oxygen atoms in total. The molecular weight excluding hydrogens is 414 g/mol. The van der Waals surface area contributed by atoms with E-state index >= 15 is 0 Å². The van der Waals surface area contributed by atoms with Crippen molar-refractivity contribution in [1.29, 1.82) is 0 Å². The summed E-state index contributed by atoms with van der Waals surface area (Å²) in [7, 11) is 0. The minimum absolute atomic E-state index is 1.18. The van der Waals surface area contributed by atoms with E-state index in [1.54, 1.807) is 5.19 Å². The first-order chi connectivity index (χ1) is 6.67. The lowest BCUT2D eigenvalue weighted by molar-refractivity contribution is 0.769. The molecule has 1 aromatic rings. The zero-order chi connectivity index (χ0) is 10.4. The summed E-state index contributed by atoms with van der Waals surface area (Å²) in [4.78, 5) is 0. The number of hydrogen-bond donors (Lipinski definition) is 0. The molecule has 0 aromatic heterocycles. The van der Waals surface area contributed by atoms with Gasteiger partial charge in [0.15, 0.2) is 0 Å². The van der Waals surface area contributed by atoms with E-state index in [-0.39, 0.29) is 0 Å². The second-order valence-corrected chi connectivity index (χ2v) is 23.3. The molecule has 0 aliphatic rings. The maximum absolute atomic E-state index is 2.71. The largest absolute Gasteiger partial charge is 0.221 e. The van der Waals surface area contributed by atoms with Crippen molar-refractivity contribution >= 4 is 51.8 Å². The second kappa shape index (κ2) is 6.47. The molecule has 0 atom stereocenters. The van der Waals surface area contributed by atoms with E-state index < -0.39 is 3.07 Å². The summed E-state index contributed by atoms with van der Waals surface area (Å²) in [6.45, 7) is 2.27. The van der Waals surface area contributed by atoms with E-state index in [1.165, 1.54) is 25.3 Å². The van der Waals surface area contributed by atoms with Gasteiger partial charge in [-0.1, -0.05) is 100 Å². The molecule has 1 aromatic carbocycles. The number of halogens is 2. The van der Waals surface area contributed by atoms with E-state index in [4.69, 9.17) is 0 Å². The van der Waals surface area contributed by atoms with Crippen LogP contribution in [0.2, 0.25) is 6.04 Å². The van der Waals surface area contributed by atoms with Crippen LogP contribution < -0.4 is 5.19 Å². The molecule has 1 rings (SSSR count). The summed E-state index contributed by atoms with van der Waals surface area (Å²) in [5.41, 5.74) is 0. The predicted octanol–water partition coefficient (Wildman–Crippen LogP) is 4.40. The van der Waals surface area contributed by atoms with Crippen molar-refractivity contribution in [2.75, 3.05) is 0 Å². The maximum atomic E-state index is 2.71. The van der Waals surface area contributed by atoms with E-state index in [2.05, 4.69) is 80.8 Å². The fourth-order valence-corrected chi connectivity index (χ4v) is 7.53. The van der Waals surface area contributed by atoms with Crippen LogP contribution in [0, 0.1) is 0 Å². The first-order valence-electron chi connectivity index (χ1n) is 5.10. The minimum atomic E-state index is -1.18. The van der Waals surface area contributed by atoms with Crippen molar-refractivity contribution in [2.24, 2.45) is 0 Å². The molecule has 0 bridgehead atoms. The quantitative estimate of drug-likeness (QED) is 0.281. The van der Waals surface area contributed by atoms with E-state index in [9.17, 15) is 0 Å². The highest BCUT2D eigenvalue weighted by Crippen LogP contribution is 2.28. The Bertz CT molecular complexity index is 259. The summed E-state index contributed by atoms with van der Waals surface area (Å²) in [6.07, 6.45) is 4.10. The van der Waals surface area contributed by atoms with Crippen LogP contribution in [0.4, 0.5) is 0 Å². The fourth-order valence-electron chi connectivity index (χ4n) is 1.42. The van der Waals surface area contributed by atoms with Crippen LogP contribution in [-0.4, -0.2) is 3.07 Å². The molecule has 0 saturated heterocycles. The molecule has 0 spiro atoms. The van der Waals surface area contributed by atoms with Gasteiger partial charge >= 0.3 is 0 Å². The molecule has 0 radical (unpaired) electrons. The van der Waals surface area contributed by atoms with Crippen molar-refractivity contribution in [3.63, 3.8) is 0 Å². The monoisotopic (exact) mass is 430 g/mol. The summed E-state index contributed by atoms with van der Waals surface area (Å²) in [5.74, 6) is 0. The van der Waals surface area contributed by atoms with Crippen LogP contribution in [0.1, 0.15) is 26.2 Å². The molecule has 0 unspecified atom stereocenters. The van der Waals surface area contributed by atoms with Gasteiger partial charge in [0.25, 0.3) is 0 Å². The van der Waals surface area contributed by atoms with Crippen molar-refractivity contribution < 1.29 is 0 Å². The highest BCUT2D eigenvalue weighted by atomic mass is 127. The summed E-state index contributed by atoms with van der Waals surface area (Å²) >= 11 is 5.41. The van der Waals surface area contributed by atoms with Crippen molar-refractivity contribution in [3.8, 4) is 0 Å². The zero-order valence-electron chi connectivity index (χ0n) is 8.47. The van der Waals surface area contributed by atoms with Crippen LogP contribution >= 0.6 is 43.6 Å². The highest BCUT2D eigenvalue weighted by Gasteiger charge is 2.27. The van der Waals surface area contributed by atoms with Gasteiger partial charge < -0.3 is 0 Å². The normalized spacial score (nSPS) is 11.6. The van der Waals surface area contributed by atoms with Crippen LogP contribution in [0.15, 0.2) is 30.3 Å². The Kier molecular flexibility index (Phi) is 5.99. The lowest BCUT2D eigenvalue weighted by atomic mass is 10.3. The maximum Gasteiger partial charge on any atom is 0.221 e. The van der Waals surface area contributed by atoms with Crippen LogP contribution in [0.5, 0.6) is 0 Å². The van der Waals surface area contributed by atoms with Gasteiger partial charge in [0.05, 0.1) is 0 Å². The third kappa shape index (κ3) is 4.18. The standard InChI is InChI=1S/C11H16I2Si/c1-2-3-7-10-14(12,13)11-8-5-4-6-9-11/h4-6,8-9H,2-3,7,10H2,1H3. The molecule has 0 aliphatic heterocycles. The Morgan fingerprint density at radius 1 is 1.07 bits per heavy atom. The van der Waals surface area contributed by atoms with Crippen molar-refractivity contribution in [1.82, 2.24) is 0 Å². The van der Waals surface area contributed by atoms with Gasteiger partial charge in [0.1, 0.15) is 0 Å². The Morgan fingerprint density at radius 2 is 1.71 bits per heavy atom. The Morgan fingerprint density at radius 3 is 2.29 bits per heavy atom. The van der Waals surface area contributed by atoms with Crippen molar-refractivity contribution in [3.05, 3.63) is 30.3 Å². The Hall–Kier alpha value is 0.897. The number of unbranched alkanes of at least 4 members (excludes halogenated alkanes) is 2. The summed E-state index contributed by atoms with van der Waals surface area (Å²) in [6, 6.07) is 12.4. The molecule has 0 N–H and O–H groups in total. The van der Waals surface area contributed by atoms with Crippen molar-refractivity contribution in [2.45, 2.75) is 32.2 Å². The smallest absolute Gasteiger partial charge is 0.0984 e. The third-order valence-electron chi connectivity index (χ3n) is 2.29. The average molecular weight is 430 g/mol. The minimum Gasteiger partial charge on any atom is -0.0984 e. The summed E-state index contributed by atoms with van der Waals surface area (Å²) < 4.78 is -1.18. The Labute approximate surface area is 113 Å². The highest BCUT2D eigenvalue weighted by molar-refractivity contribution is 14.3. The first kappa shape index (κ1) is 13.0. The topological polar surface area (TPSA) is 0 Å². The van der Waals surface area contributed by atoms with Gasteiger partial charge in [-0.05, 0) is 11.2 Å². The SMILES string of the molecule is CCCCC[Si](I)(I)c1ccccc1. The zero-order valence-corrected chi connectivity index (χ0v) is 13.8. The van der Waals surface area contributed by atoms with Gasteiger partial charge in [-0.25, -0.2) is 0 Å². The van der Waals surface area contributed by atoms with E-state index in [0.717, 1.165) is 0 Å². The van der Waals surface area contributed by atoms with Crippen LogP contribution in [0.3, 0.4) is 0 Å². The molecule has 78 valence electrons. The third-order valence-corrected chi connectivity index (χ3v) is 11.4. The first-order valence-corrected chi connectivity index (χ1v) is 13.5. The molecule has 0 saturated carbocycles.